The van der Waals surface area contributed by atoms with Crippen LogP contribution in [0.4, 0.5) is 11.4 Å². The third kappa shape index (κ3) is 3.20. The van der Waals surface area contributed by atoms with Gasteiger partial charge in [-0.15, -0.1) is 0 Å². The van der Waals surface area contributed by atoms with Gasteiger partial charge in [-0.2, -0.15) is 0 Å². The van der Waals surface area contributed by atoms with Gasteiger partial charge in [-0.05, 0) is 44.4 Å². The third-order valence-electron chi connectivity index (χ3n) is 3.32. The third-order valence-corrected chi connectivity index (χ3v) is 3.32. The topological polar surface area (TPSA) is 67.2 Å². The lowest BCUT2D eigenvalue weighted by Gasteiger charge is -2.12. The van der Waals surface area contributed by atoms with Crippen LogP contribution in [-0.2, 0) is 0 Å². The van der Waals surface area contributed by atoms with Crippen LogP contribution in [0.5, 0.6) is 0 Å². The van der Waals surface area contributed by atoms with Crippen molar-refractivity contribution in [3.63, 3.8) is 0 Å². The van der Waals surface area contributed by atoms with Crippen molar-refractivity contribution in [1.29, 1.82) is 0 Å². The number of hydrogen-bond acceptors (Lipinski definition) is 4. The molecule has 1 unspecified atom stereocenters. The number of rotatable bonds is 5. The normalized spacial score (nSPS) is 18.8. The second-order valence-corrected chi connectivity index (χ2v) is 4.79. The van der Waals surface area contributed by atoms with E-state index in [1.54, 1.807) is 12.1 Å². The molecule has 18 heavy (non-hydrogen) atoms. The van der Waals surface area contributed by atoms with Crippen molar-refractivity contribution in [3.05, 3.63) is 33.9 Å². The maximum absolute atomic E-state index is 10.9. The molecule has 1 aromatic carbocycles. The highest BCUT2D eigenvalue weighted by Crippen LogP contribution is 2.25. The number of benzene rings is 1. The molecule has 0 aromatic heterocycles. The van der Waals surface area contributed by atoms with Gasteiger partial charge in [0.1, 0.15) is 5.69 Å². The average Bonchev–Trinajstić information content (AvgIpc) is 2.82. The summed E-state index contributed by atoms with van der Waals surface area (Å²) in [5, 5.41) is 17.5. The van der Waals surface area contributed by atoms with Crippen LogP contribution in [0.1, 0.15) is 24.8 Å². The van der Waals surface area contributed by atoms with Gasteiger partial charge in [0, 0.05) is 18.7 Å². The number of nitro groups is 1. The Bertz CT molecular complexity index is 428. The van der Waals surface area contributed by atoms with Crippen LogP contribution in [0, 0.1) is 17.0 Å². The second-order valence-electron chi connectivity index (χ2n) is 4.79. The first-order valence-corrected chi connectivity index (χ1v) is 6.39. The number of aryl methyl sites for hydroxylation is 1. The lowest BCUT2D eigenvalue weighted by molar-refractivity contribution is -0.384. The van der Waals surface area contributed by atoms with E-state index in [1.807, 2.05) is 13.0 Å². The minimum atomic E-state index is -0.338. The van der Waals surface area contributed by atoms with E-state index in [2.05, 4.69) is 10.6 Å². The first kappa shape index (κ1) is 12.8. The lowest BCUT2D eigenvalue weighted by atomic mass is 10.1. The van der Waals surface area contributed by atoms with Gasteiger partial charge < -0.3 is 10.6 Å². The van der Waals surface area contributed by atoms with Gasteiger partial charge in [0.15, 0.2) is 0 Å². The fraction of sp³-hybridized carbons (Fsp3) is 0.538. The van der Waals surface area contributed by atoms with Crippen LogP contribution in [0.15, 0.2) is 18.2 Å². The van der Waals surface area contributed by atoms with E-state index in [0.29, 0.717) is 11.7 Å². The van der Waals surface area contributed by atoms with E-state index in [0.717, 1.165) is 25.1 Å². The fourth-order valence-corrected chi connectivity index (χ4v) is 2.33. The molecule has 98 valence electrons. The molecule has 0 amide bonds. The zero-order valence-electron chi connectivity index (χ0n) is 10.6. The molecule has 2 rings (SSSR count). The number of nitro benzene ring substituents is 1. The Hall–Kier alpha value is -1.62. The fourth-order valence-electron chi connectivity index (χ4n) is 2.33. The van der Waals surface area contributed by atoms with Crippen molar-refractivity contribution >= 4 is 11.4 Å². The SMILES string of the molecule is Cc1ccc([N+](=O)[O-])c(NCCC2CCCN2)c1. The van der Waals surface area contributed by atoms with Crippen LogP contribution < -0.4 is 10.6 Å². The summed E-state index contributed by atoms with van der Waals surface area (Å²) >= 11 is 0. The van der Waals surface area contributed by atoms with E-state index < -0.39 is 0 Å². The van der Waals surface area contributed by atoms with Crippen LogP contribution >= 0.6 is 0 Å². The molecule has 1 aliphatic heterocycles. The highest BCUT2D eigenvalue weighted by atomic mass is 16.6. The van der Waals surface area contributed by atoms with Crippen molar-refractivity contribution in [2.75, 3.05) is 18.4 Å². The molecule has 0 saturated carbocycles. The van der Waals surface area contributed by atoms with Crippen LogP contribution in [0.25, 0.3) is 0 Å². The van der Waals surface area contributed by atoms with E-state index in [1.165, 1.54) is 12.8 Å². The predicted molar refractivity (Wildman–Crippen MR) is 72.0 cm³/mol. The molecular formula is C13H19N3O2. The Labute approximate surface area is 107 Å². The van der Waals surface area contributed by atoms with Gasteiger partial charge in [0.2, 0.25) is 0 Å². The Morgan fingerprint density at radius 1 is 1.56 bits per heavy atom. The summed E-state index contributed by atoms with van der Waals surface area (Å²) in [4.78, 5) is 10.6. The first-order valence-electron chi connectivity index (χ1n) is 6.39. The van der Waals surface area contributed by atoms with Gasteiger partial charge >= 0.3 is 0 Å². The van der Waals surface area contributed by atoms with Gasteiger partial charge in [0.05, 0.1) is 4.92 Å². The molecule has 1 atom stereocenters. The molecule has 1 saturated heterocycles. The van der Waals surface area contributed by atoms with Gasteiger partial charge in [-0.25, -0.2) is 0 Å². The molecule has 2 N–H and O–H groups in total. The summed E-state index contributed by atoms with van der Waals surface area (Å²) in [6.45, 7) is 3.80. The van der Waals surface area contributed by atoms with Gasteiger partial charge in [-0.3, -0.25) is 10.1 Å². The van der Waals surface area contributed by atoms with Gasteiger partial charge in [-0.1, -0.05) is 6.07 Å². The molecule has 1 aliphatic rings. The Kier molecular flexibility index (Phi) is 4.15. The second kappa shape index (κ2) is 5.82. The van der Waals surface area contributed by atoms with E-state index in [4.69, 9.17) is 0 Å². The Morgan fingerprint density at radius 2 is 2.39 bits per heavy atom. The average molecular weight is 249 g/mol. The maximum Gasteiger partial charge on any atom is 0.292 e. The Balaban J connectivity index is 1.94. The van der Waals surface area contributed by atoms with Crippen molar-refractivity contribution in [3.8, 4) is 0 Å². The van der Waals surface area contributed by atoms with Crippen molar-refractivity contribution in [2.45, 2.75) is 32.2 Å². The quantitative estimate of drug-likeness (QED) is 0.621. The Morgan fingerprint density at radius 3 is 3.06 bits per heavy atom. The molecule has 0 aliphatic carbocycles. The van der Waals surface area contributed by atoms with Crippen molar-refractivity contribution < 1.29 is 4.92 Å². The van der Waals surface area contributed by atoms with E-state index >= 15 is 0 Å². The predicted octanol–water partition coefficient (Wildman–Crippen LogP) is 2.46. The van der Waals surface area contributed by atoms with Crippen LogP contribution in [-0.4, -0.2) is 24.1 Å². The van der Waals surface area contributed by atoms with Crippen LogP contribution in [0.3, 0.4) is 0 Å². The summed E-state index contributed by atoms with van der Waals surface area (Å²) < 4.78 is 0. The maximum atomic E-state index is 10.9. The molecule has 1 heterocycles. The summed E-state index contributed by atoms with van der Waals surface area (Å²) in [6, 6.07) is 5.72. The van der Waals surface area contributed by atoms with E-state index in [9.17, 15) is 10.1 Å². The lowest BCUT2D eigenvalue weighted by Crippen LogP contribution is -2.24. The molecule has 0 bridgehead atoms. The minimum absolute atomic E-state index is 0.153. The number of nitrogens with zero attached hydrogens (tertiary/aromatic N) is 1. The molecular weight excluding hydrogens is 230 g/mol. The minimum Gasteiger partial charge on any atom is -0.379 e. The highest BCUT2D eigenvalue weighted by Gasteiger charge is 2.15. The monoisotopic (exact) mass is 249 g/mol. The number of hydrogen-bond donors (Lipinski definition) is 2. The summed E-state index contributed by atoms with van der Waals surface area (Å²) in [5.41, 5.74) is 1.81. The number of nitrogens with one attached hydrogen (secondary N) is 2. The molecule has 0 radical (unpaired) electrons. The number of anilines is 1. The van der Waals surface area contributed by atoms with E-state index in [-0.39, 0.29) is 10.6 Å². The summed E-state index contributed by atoms with van der Waals surface area (Å²) in [6.07, 6.45) is 3.44. The molecule has 5 heteroatoms. The summed E-state index contributed by atoms with van der Waals surface area (Å²) in [7, 11) is 0. The molecule has 1 fully saturated rings. The largest absolute Gasteiger partial charge is 0.379 e. The molecule has 1 aromatic rings. The standard InChI is InChI=1S/C13H19N3O2/c1-10-4-5-13(16(17)18)12(9-10)15-8-6-11-3-2-7-14-11/h4-5,9,11,14-15H,2-3,6-8H2,1H3. The van der Waals surface area contributed by atoms with Crippen molar-refractivity contribution in [1.82, 2.24) is 5.32 Å². The van der Waals surface area contributed by atoms with Gasteiger partial charge in [0.25, 0.3) is 5.69 Å². The summed E-state index contributed by atoms with van der Waals surface area (Å²) in [5.74, 6) is 0. The van der Waals surface area contributed by atoms with Crippen LogP contribution in [0.2, 0.25) is 0 Å². The highest BCUT2D eigenvalue weighted by molar-refractivity contribution is 5.62. The van der Waals surface area contributed by atoms with Crippen molar-refractivity contribution in [2.24, 2.45) is 0 Å². The molecule has 5 nitrogen and oxygen atoms in total. The smallest absolute Gasteiger partial charge is 0.292 e. The zero-order chi connectivity index (χ0) is 13.0. The first-order chi connectivity index (χ1) is 8.66. The zero-order valence-corrected chi connectivity index (χ0v) is 10.6. The molecule has 0 spiro atoms.